The van der Waals surface area contributed by atoms with Crippen molar-refractivity contribution in [2.45, 2.75) is 31.6 Å². The molecule has 0 aliphatic carbocycles. The minimum Gasteiger partial charge on any atom is -0.489 e. The van der Waals surface area contributed by atoms with Crippen molar-refractivity contribution in [2.75, 3.05) is 13.2 Å². The van der Waals surface area contributed by atoms with Crippen LogP contribution in [0.1, 0.15) is 30.0 Å². The molecule has 3 rings (SSSR count). The van der Waals surface area contributed by atoms with Crippen LogP contribution in [0.4, 0.5) is 0 Å². The Labute approximate surface area is 148 Å². The summed E-state index contributed by atoms with van der Waals surface area (Å²) in [5.41, 5.74) is 7.49. The monoisotopic (exact) mass is 340 g/mol. The van der Waals surface area contributed by atoms with Gasteiger partial charge in [-0.25, -0.2) is 0 Å². The quantitative estimate of drug-likeness (QED) is 0.774. The summed E-state index contributed by atoms with van der Waals surface area (Å²) in [6.45, 7) is 1.93. The molecule has 1 aliphatic rings. The van der Waals surface area contributed by atoms with Crippen LogP contribution in [0.25, 0.3) is 0 Å². The van der Waals surface area contributed by atoms with Gasteiger partial charge in [0.25, 0.3) is 0 Å². The van der Waals surface area contributed by atoms with Gasteiger partial charge < -0.3 is 15.2 Å². The average Bonchev–Trinajstić information content (AvgIpc) is 3.15. The summed E-state index contributed by atoms with van der Waals surface area (Å²) in [7, 11) is 0. The van der Waals surface area contributed by atoms with Crippen LogP contribution in [-0.2, 0) is 16.1 Å². The standard InChI is InChI=1S/C20H24N2O3/c21-20(23)19(22-13-18-7-4-12-24-18)16-8-10-17(11-9-16)25-14-15-5-2-1-3-6-15/h1-3,5-6,8-11,18-19,22H,4,7,12-14H2,(H2,21,23). The second kappa shape index (κ2) is 8.65. The van der Waals surface area contributed by atoms with Crippen molar-refractivity contribution in [1.29, 1.82) is 0 Å². The van der Waals surface area contributed by atoms with Gasteiger partial charge in [0.15, 0.2) is 0 Å². The van der Waals surface area contributed by atoms with Gasteiger partial charge in [-0.1, -0.05) is 42.5 Å². The first-order chi connectivity index (χ1) is 12.2. The summed E-state index contributed by atoms with van der Waals surface area (Å²) in [4.78, 5) is 11.8. The van der Waals surface area contributed by atoms with E-state index in [9.17, 15) is 4.79 Å². The topological polar surface area (TPSA) is 73.6 Å². The highest BCUT2D eigenvalue weighted by molar-refractivity contribution is 5.81. The Balaban J connectivity index is 1.57. The number of rotatable bonds is 8. The number of hydrogen-bond acceptors (Lipinski definition) is 4. The van der Waals surface area contributed by atoms with Gasteiger partial charge in [-0.15, -0.1) is 0 Å². The second-order valence-electron chi connectivity index (χ2n) is 6.22. The van der Waals surface area contributed by atoms with E-state index in [2.05, 4.69) is 5.32 Å². The predicted molar refractivity (Wildman–Crippen MR) is 96.1 cm³/mol. The van der Waals surface area contributed by atoms with E-state index in [4.69, 9.17) is 15.2 Å². The van der Waals surface area contributed by atoms with Gasteiger partial charge in [0.05, 0.1) is 6.10 Å². The van der Waals surface area contributed by atoms with Crippen LogP contribution in [0.15, 0.2) is 54.6 Å². The number of nitrogens with one attached hydrogen (secondary N) is 1. The summed E-state index contributed by atoms with van der Waals surface area (Å²) in [6.07, 6.45) is 2.25. The maximum atomic E-state index is 11.8. The molecular formula is C20H24N2O3. The van der Waals surface area contributed by atoms with E-state index in [1.807, 2.05) is 54.6 Å². The third-order valence-electron chi connectivity index (χ3n) is 4.32. The van der Waals surface area contributed by atoms with Crippen LogP contribution < -0.4 is 15.8 Å². The number of ether oxygens (including phenoxy) is 2. The number of hydrogen-bond donors (Lipinski definition) is 2. The number of carbonyl (C=O) groups is 1. The van der Waals surface area contributed by atoms with Gasteiger partial charge in [-0.3, -0.25) is 10.1 Å². The first kappa shape index (κ1) is 17.5. The zero-order valence-corrected chi connectivity index (χ0v) is 14.2. The summed E-state index contributed by atoms with van der Waals surface area (Å²) in [5.74, 6) is 0.367. The van der Waals surface area contributed by atoms with Crippen LogP contribution in [0.5, 0.6) is 5.75 Å². The van der Waals surface area contributed by atoms with Crippen molar-refractivity contribution < 1.29 is 14.3 Å². The Morgan fingerprint density at radius 2 is 1.96 bits per heavy atom. The summed E-state index contributed by atoms with van der Waals surface area (Å²) in [6, 6.07) is 16.9. The summed E-state index contributed by atoms with van der Waals surface area (Å²) >= 11 is 0. The largest absolute Gasteiger partial charge is 0.489 e. The molecule has 1 saturated heterocycles. The molecule has 1 amide bonds. The van der Waals surface area contributed by atoms with Gasteiger partial charge in [0.2, 0.25) is 5.91 Å². The number of carbonyl (C=O) groups excluding carboxylic acids is 1. The van der Waals surface area contributed by atoms with Gasteiger partial charge in [-0.2, -0.15) is 0 Å². The van der Waals surface area contributed by atoms with Crippen LogP contribution in [0.3, 0.4) is 0 Å². The molecule has 2 unspecified atom stereocenters. The third kappa shape index (κ3) is 5.05. The maximum absolute atomic E-state index is 11.8. The fourth-order valence-corrected chi connectivity index (χ4v) is 2.93. The summed E-state index contributed by atoms with van der Waals surface area (Å²) in [5, 5.41) is 3.21. The number of benzene rings is 2. The lowest BCUT2D eigenvalue weighted by Gasteiger charge is -2.19. The Morgan fingerprint density at radius 1 is 1.20 bits per heavy atom. The molecule has 2 aromatic rings. The van der Waals surface area contributed by atoms with E-state index in [1.165, 1.54) is 0 Å². The first-order valence-electron chi connectivity index (χ1n) is 8.63. The molecular weight excluding hydrogens is 316 g/mol. The minimum absolute atomic E-state index is 0.162. The fraction of sp³-hybridized carbons (Fsp3) is 0.350. The SMILES string of the molecule is NC(=O)C(NCC1CCCO1)c1ccc(OCc2ccccc2)cc1. The van der Waals surface area contributed by atoms with Gasteiger partial charge in [0, 0.05) is 13.2 Å². The molecule has 0 saturated carbocycles. The molecule has 0 bridgehead atoms. The molecule has 5 heteroatoms. The van der Waals surface area contributed by atoms with Crippen LogP contribution in [0, 0.1) is 0 Å². The van der Waals surface area contributed by atoms with Crippen LogP contribution >= 0.6 is 0 Å². The third-order valence-corrected chi connectivity index (χ3v) is 4.32. The van der Waals surface area contributed by atoms with Crippen molar-refractivity contribution in [3.8, 4) is 5.75 Å². The number of amides is 1. The van der Waals surface area contributed by atoms with Crippen molar-refractivity contribution in [3.05, 3.63) is 65.7 Å². The molecule has 25 heavy (non-hydrogen) atoms. The fourth-order valence-electron chi connectivity index (χ4n) is 2.93. The highest BCUT2D eigenvalue weighted by Crippen LogP contribution is 2.20. The van der Waals surface area contributed by atoms with Crippen molar-refractivity contribution >= 4 is 5.91 Å². The first-order valence-corrected chi connectivity index (χ1v) is 8.63. The molecule has 5 nitrogen and oxygen atoms in total. The van der Waals surface area contributed by atoms with E-state index in [0.717, 1.165) is 36.3 Å². The van der Waals surface area contributed by atoms with Crippen molar-refractivity contribution in [3.63, 3.8) is 0 Å². The number of primary amides is 1. The molecule has 3 N–H and O–H groups in total. The minimum atomic E-state index is -0.521. The zero-order valence-electron chi connectivity index (χ0n) is 14.2. The van der Waals surface area contributed by atoms with Crippen molar-refractivity contribution in [2.24, 2.45) is 5.73 Å². The van der Waals surface area contributed by atoms with Crippen LogP contribution in [0.2, 0.25) is 0 Å². The molecule has 2 aromatic carbocycles. The lowest BCUT2D eigenvalue weighted by molar-refractivity contribution is -0.120. The highest BCUT2D eigenvalue weighted by Gasteiger charge is 2.21. The van der Waals surface area contributed by atoms with E-state index in [-0.39, 0.29) is 6.10 Å². The molecule has 0 radical (unpaired) electrons. The normalized spacial score (nSPS) is 18.0. The Bertz CT molecular complexity index is 667. The summed E-state index contributed by atoms with van der Waals surface area (Å²) < 4.78 is 11.3. The molecule has 1 fully saturated rings. The molecule has 1 aliphatic heterocycles. The van der Waals surface area contributed by atoms with Gasteiger partial charge in [0.1, 0.15) is 18.4 Å². The highest BCUT2D eigenvalue weighted by atomic mass is 16.5. The van der Waals surface area contributed by atoms with Gasteiger partial charge in [-0.05, 0) is 36.1 Å². The molecule has 2 atom stereocenters. The van der Waals surface area contributed by atoms with E-state index >= 15 is 0 Å². The Kier molecular flexibility index (Phi) is 6.04. The number of nitrogens with two attached hydrogens (primary N) is 1. The van der Waals surface area contributed by atoms with Crippen LogP contribution in [-0.4, -0.2) is 25.2 Å². The van der Waals surface area contributed by atoms with Crippen molar-refractivity contribution in [1.82, 2.24) is 5.32 Å². The lowest BCUT2D eigenvalue weighted by Crippen LogP contribution is -2.37. The molecule has 0 spiro atoms. The average molecular weight is 340 g/mol. The maximum Gasteiger partial charge on any atom is 0.239 e. The predicted octanol–water partition coefficient (Wildman–Crippen LogP) is 2.56. The lowest BCUT2D eigenvalue weighted by atomic mass is 10.1. The molecule has 0 aromatic heterocycles. The molecule has 1 heterocycles. The van der Waals surface area contributed by atoms with E-state index < -0.39 is 11.9 Å². The molecule has 132 valence electrons. The zero-order chi connectivity index (χ0) is 17.5. The Morgan fingerprint density at radius 3 is 2.60 bits per heavy atom. The van der Waals surface area contributed by atoms with E-state index in [1.54, 1.807) is 0 Å². The van der Waals surface area contributed by atoms with E-state index in [0.29, 0.717) is 13.2 Å². The van der Waals surface area contributed by atoms with Gasteiger partial charge >= 0.3 is 0 Å². The smallest absolute Gasteiger partial charge is 0.239 e. The second-order valence-corrected chi connectivity index (χ2v) is 6.22. The Hall–Kier alpha value is -2.37.